The SMILES string of the molecule is Cc1ccc(C(C)C)c(Oc2ncc(CN)cn2)c1. The van der Waals surface area contributed by atoms with Gasteiger partial charge in [0.25, 0.3) is 0 Å². The molecular formula is C15H19N3O. The number of aryl methyl sites for hydroxylation is 1. The van der Waals surface area contributed by atoms with Crippen molar-refractivity contribution >= 4 is 0 Å². The van der Waals surface area contributed by atoms with E-state index < -0.39 is 0 Å². The van der Waals surface area contributed by atoms with E-state index in [2.05, 4.69) is 35.9 Å². The van der Waals surface area contributed by atoms with Crippen molar-refractivity contribution in [3.05, 3.63) is 47.3 Å². The quantitative estimate of drug-likeness (QED) is 0.914. The van der Waals surface area contributed by atoms with Crippen molar-refractivity contribution in [1.29, 1.82) is 0 Å². The Morgan fingerprint density at radius 2 is 1.89 bits per heavy atom. The summed E-state index contributed by atoms with van der Waals surface area (Å²) < 4.78 is 5.79. The maximum absolute atomic E-state index is 5.79. The van der Waals surface area contributed by atoms with Crippen LogP contribution in [0, 0.1) is 6.92 Å². The first-order chi connectivity index (χ1) is 9.10. The van der Waals surface area contributed by atoms with Gasteiger partial charge in [-0.25, -0.2) is 9.97 Å². The van der Waals surface area contributed by atoms with Crippen LogP contribution >= 0.6 is 0 Å². The molecule has 1 aromatic carbocycles. The molecule has 100 valence electrons. The predicted molar refractivity (Wildman–Crippen MR) is 75.3 cm³/mol. The van der Waals surface area contributed by atoms with Crippen LogP contribution in [0.4, 0.5) is 0 Å². The number of nitrogens with zero attached hydrogens (tertiary/aromatic N) is 2. The monoisotopic (exact) mass is 257 g/mol. The summed E-state index contributed by atoms with van der Waals surface area (Å²) >= 11 is 0. The molecule has 0 fully saturated rings. The number of hydrogen-bond donors (Lipinski definition) is 1. The van der Waals surface area contributed by atoms with E-state index in [1.54, 1.807) is 12.4 Å². The second-order valence-electron chi connectivity index (χ2n) is 4.88. The number of nitrogens with two attached hydrogens (primary N) is 1. The average molecular weight is 257 g/mol. The number of aromatic nitrogens is 2. The minimum absolute atomic E-state index is 0.352. The Kier molecular flexibility index (Phi) is 4.12. The summed E-state index contributed by atoms with van der Waals surface area (Å²) in [4.78, 5) is 8.32. The highest BCUT2D eigenvalue weighted by molar-refractivity contribution is 5.40. The van der Waals surface area contributed by atoms with Crippen LogP contribution in [0.5, 0.6) is 11.8 Å². The van der Waals surface area contributed by atoms with Gasteiger partial charge < -0.3 is 10.5 Å². The molecule has 4 nitrogen and oxygen atoms in total. The summed E-state index contributed by atoms with van der Waals surface area (Å²) in [5, 5.41) is 0. The summed E-state index contributed by atoms with van der Waals surface area (Å²) in [6.45, 7) is 6.74. The number of hydrogen-bond acceptors (Lipinski definition) is 4. The summed E-state index contributed by atoms with van der Waals surface area (Å²) in [6.07, 6.45) is 3.38. The summed E-state index contributed by atoms with van der Waals surface area (Å²) in [7, 11) is 0. The molecule has 0 aliphatic carbocycles. The van der Waals surface area contributed by atoms with Crippen molar-refractivity contribution in [1.82, 2.24) is 9.97 Å². The third-order valence-corrected chi connectivity index (χ3v) is 2.91. The fraction of sp³-hybridized carbons (Fsp3) is 0.333. The van der Waals surface area contributed by atoms with Crippen LogP contribution in [-0.4, -0.2) is 9.97 Å². The molecule has 0 aliphatic rings. The van der Waals surface area contributed by atoms with Gasteiger partial charge in [-0.3, -0.25) is 0 Å². The molecule has 0 spiro atoms. The van der Waals surface area contributed by atoms with E-state index in [4.69, 9.17) is 10.5 Å². The molecule has 0 saturated heterocycles. The Bertz CT molecular complexity index is 550. The van der Waals surface area contributed by atoms with Crippen molar-refractivity contribution in [2.24, 2.45) is 5.73 Å². The fourth-order valence-electron chi connectivity index (χ4n) is 1.81. The predicted octanol–water partition coefficient (Wildman–Crippen LogP) is 3.16. The van der Waals surface area contributed by atoms with Crippen LogP contribution in [-0.2, 0) is 6.54 Å². The molecule has 19 heavy (non-hydrogen) atoms. The molecule has 4 heteroatoms. The summed E-state index contributed by atoms with van der Waals surface area (Å²) in [5.74, 6) is 1.20. The molecule has 0 amide bonds. The summed E-state index contributed by atoms with van der Waals surface area (Å²) in [6, 6.07) is 6.53. The minimum atomic E-state index is 0.352. The Hall–Kier alpha value is -1.94. The first kappa shape index (κ1) is 13.5. The number of benzene rings is 1. The van der Waals surface area contributed by atoms with Gasteiger partial charge in [-0.1, -0.05) is 26.0 Å². The lowest BCUT2D eigenvalue weighted by Gasteiger charge is -2.13. The van der Waals surface area contributed by atoms with E-state index in [0.29, 0.717) is 18.5 Å². The lowest BCUT2D eigenvalue weighted by Crippen LogP contribution is -2.01. The highest BCUT2D eigenvalue weighted by Gasteiger charge is 2.10. The summed E-state index contributed by atoms with van der Waals surface area (Å²) in [5.41, 5.74) is 8.71. The van der Waals surface area contributed by atoms with E-state index in [-0.39, 0.29) is 0 Å². The van der Waals surface area contributed by atoms with Crippen molar-refractivity contribution in [3.8, 4) is 11.8 Å². The third-order valence-electron chi connectivity index (χ3n) is 2.91. The molecule has 1 heterocycles. The molecule has 2 aromatic rings. The van der Waals surface area contributed by atoms with Crippen molar-refractivity contribution < 1.29 is 4.74 Å². The zero-order valence-electron chi connectivity index (χ0n) is 11.6. The van der Waals surface area contributed by atoms with Crippen LogP contribution in [0.15, 0.2) is 30.6 Å². The highest BCUT2D eigenvalue weighted by Crippen LogP contribution is 2.30. The first-order valence-corrected chi connectivity index (χ1v) is 6.39. The zero-order chi connectivity index (χ0) is 13.8. The molecule has 0 atom stereocenters. The third kappa shape index (κ3) is 3.29. The van der Waals surface area contributed by atoms with Crippen LogP contribution in [0.1, 0.15) is 36.5 Å². The van der Waals surface area contributed by atoms with E-state index >= 15 is 0 Å². The van der Waals surface area contributed by atoms with Gasteiger partial charge in [-0.2, -0.15) is 0 Å². The minimum Gasteiger partial charge on any atom is -0.424 e. The van der Waals surface area contributed by atoms with Gasteiger partial charge in [-0.15, -0.1) is 0 Å². The maximum atomic E-state index is 5.79. The molecule has 0 saturated carbocycles. The Morgan fingerprint density at radius 1 is 1.21 bits per heavy atom. The van der Waals surface area contributed by atoms with E-state index in [9.17, 15) is 0 Å². The van der Waals surface area contributed by atoms with Crippen molar-refractivity contribution in [3.63, 3.8) is 0 Å². The van der Waals surface area contributed by atoms with Crippen molar-refractivity contribution in [2.45, 2.75) is 33.2 Å². The first-order valence-electron chi connectivity index (χ1n) is 6.39. The normalized spacial score (nSPS) is 10.8. The zero-order valence-corrected chi connectivity index (χ0v) is 11.6. The second kappa shape index (κ2) is 5.80. The number of rotatable bonds is 4. The van der Waals surface area contributed by atoms with Crippen LogP contribution in [0.25, 0.3) is 0 Å². The van der Waals surface area contributed by atoms with Gasteiger partial charge >= 0.3 is 6.01 Å². The Morgan fingerprint density at radius 3 is 2.47 bits per heavy atom. The highest BCUT2D eigenvalue weighted by atomic mass is 16.5. The lowest BCUT2D eigenvalue weighted by atomic mass is 10.0. The van der Waals surface area contributed by atoms with Gasteiger partial charge in [-0.05, 0) is 30.0 Å². The van der Waals surface area contributed by atoms with Gasteiger partial charge in [0, 0.05) is 24.5 Å². The largest absolute Gasteiger partial charge is 0.424 e. The number of ether oxygens (including phenoxy) is 1. The molecule has 2 rings (SSSR count). The van der Waals surface area contributed by atoms with Gasteiger partial charge in [0.05, 0.1) is 0 Å². The molecule has 1 aromatic heterocycles. The maximum Gasteiger partial charge on any atom is 0.321 e. The van der Waals surface area contributed by atoms with Crippen LogP contribution in [0.3, 0.4) is 0 Å². The second-order valence-corrected chi connectivity index (χ2v) is 4.88. The molecule has 2 N–H and O–H groups in total. The van der Waals surface area contributed by atoms with E-state index in [1.807, 2.05) is 13.0 Å². The van der Waals surface area contributed by atoms with E-state index in [1.165, 1.54) is 0 Å². The van der Waals surface area contributed by atoms with Crippen LogP contribution < -0.4 is 10.5 Å². The lowest BCUT2D eigenvalue weighted by molar-refractivity contribution is 0.433. The standard InChI is InChI=1S/C15H19N3O/c1-10(2)13-5-4-11(3)6-14(13)19-15-17-8-12(7-16)9-18-15/h4-6,8-10H,7,16H2,1-3H3. The van der Waals surface area contributed by atoms with Crippen molar-refractivity contribution in [2.75, 3.05) is 0 Å². The fourth-order valence-corrected chi connectivity index (χ4v) is 1.81. The van der Waals surface area contributed by atoms with E-state index in [0.717, 1.165) is 22.4 Å². The van der Waals surface area contributed by atoms with Gasteiger partial charge in [0.1, 0.15) is 5.75 Å². The Balaban J connectivity index is 2.28. The molecular weight excluding hydrogens is 238 g/mol. The molecule has 0 aliphatic heterocycles. The van der Waals surface area contributed by atoms with Gasteiger partial charge in [0.2, 0.25) is 0 Å². The smallest absolute Gasteiger partial charge is 0.321 e. The molecule has 0 bridgehead atoms. The Labute approximate surface area is 113 Å². The average Bonchev–Trinajstić information content (AvgIpc) is 2.39. The van der Waals surface area contributed by atoms with Gasteiger partial charge in [0.15, 0.2) is 0 Å². The molecule has 0 radical (unpaired) electrons. The topological polar surface area (TPSA) is 61.0 Å². The molecule has 0 unspecified atom stereocenters. The van der Waals surface area contributed by atoms with Crippen LogP contribution in [0.2, 0.25) is 0 Å².